The molecule has 0 fully saturated rings. The molecule has 3 aromatic rings. The van der Waals surface area contributed by atoms with Crippen molar-refractivity contribution in [1.82, 2.24) is 0 Å². The van der Waals surface area contributed by atoms with Crippen molar-refractivity contribution in [1.29, 1.82) is 0 Å². The predicted octanol–water partition coefficient (Wildman–Crippen LogP) is 6.45. The zero-order valence-corrected chi connectivity index (χ0v) is 19.3. The topological polar surface area (TPSA) is 90.7 Å². The Morgan fingerprint density at radius 2 is 1.82 bits per heavy atom. The van der Waals surface area contributed by atoms with Crippen LogP contribution in [-0.4, -0.2) is 17.9 Å². The Morgan fingerprint density at radius 3 is 2.48 bits per heavy atom. The van der Waals surface area contributed by atoms with Crippen LogP contribution in [0.1, 0.15) is 16.7 Å². The fraction of sp³-hybridized carbons (Fsp3) is 0.125. The van der Waals surface area contributed by atoms with Gasteiger partial charge >= 0.3 is 0 Å². The first-order valence-corrected chi connectivity index (χ1v) is 10.5. The van der Waals surface area contributed by atoms with Gasteiger partial charge in [0, 0.05) is 33.8 Å². The zero-order valence-electron chi connectivity index (χ0n) is 17.8. The molecule has 0 spiro atoms. The number of ether oxygens (including phenoxy) is 2. The van der Waals surface area contributed by atoms with Crippen LogP contribution in [0.2, 0.25) is 10.0 Å². The van der Waals surface area contributed by atoms with Gasteiger partial charge in [0.2, 0.25) is 5.91 Å². The molecule has 0 heterocycles. The van der Waals surface area contributed by atoms with Crippen LogP contribution in [0.3, 0.4) is 0 Å². The molecule has 0 saturated heterocycles. The van der Waals surface area contributed by atoms with Crippen LogP contribution in [0.25, 0.3) is 6.08 Å². The van der Waals surface area contributed by atoms with Crippen molar-refractivity contribution in [2.24, 2.45) is 0 Å². The summed E-state index contributed by atoms with van der Waals surface area (Å²) in [5.41, 5.74) is 2.35. The minimum Gasteiger partial charge on any atom is -0.493 e. The second-order valence-corrected chi connectivity index (χ2v) is 7.79. The lowest BCUT2D eigenvalue weighted by Gasteiger charge is -2.13. The maximum Gasteiger partial charge on any atom is 0.271 e. The second kappa shape index (κ2) is 10.8. The van der Waals surface area contributed by atoms with E-state index in [1.54, 1.807) is 55.5 Å². The van der Waals surface area contributed by atoms with Crippen molar-refractivity contribution < 1.29 is 19.2 Å². The fourth-order valence-corrected chi connectivity index (χ4v) is 3.44. The maximum absolute atomic E-state index is 12.3. The number of hydrogen-bond donors (Lipinski definition) is 1. The van der Waals surface area contributed by atoms with Crippen LogP contribution >= 0.6 is 23.2 Å². The first-order valence-electron chi connectivity index (χ1n) is 9.76. The summed E-state index contributed by atoms with van der Waals surface area (Å²) in [6, 6.07) is 14.7. The van der Waals surface area contributed by atoms with E-state index < -0.39 is 10.8 Å². The van der Waals surface area contributed by atoms with Crippen LogP contribution in [-0.2, 0) is 11.4 Å². The zero-order chi connectivity index (χ0) is 24.0. The van der Waals surface area contributed by atoms with E-state index in [2.05, 4.69) is 5.32 Å². The highest BCUT2D eigenvalue weighted by Gasteiger charge is 2.11. The average Bonchev–Trinajstić information content (AvgIpc) is 2.79. The van der Waals surface area contributed by atoms with Crippen LogP contribution in [0.4, 0.5) is 11.4 Å². The number of benzene rings is 3. The largest absolute Gasteiger partial charge is 0.493 e. The third-order valence-corrected chi connectivity index (χ3v) is 5.45. The highest BCUT2D eigenvalue weighted by Crippen LogP contribution is 2.31. The summed E-state index contributed by atoms with van der Waals surface area (Å²) in [5.74, 6) is 0.531. The van der Waals surface area contributed by atoms with E-state index in [9.17, 15) is 14.9 Å². The number of anilines is 1. The number of nitrogens with one attached hydrogen (secondary N) is 1. The van der Waals surface area contributed by atoms with Crippen LogP contribution in [0.15, 0.2) is 60.7 Å². The molecule has 7 nitrogen and oxygen atoms in total. The maximum atomic E-state index is 12.3. The molecule has 3 rings (SSSR count). The molecule has 0 unspecified atom stereocenters. The lowest BCUT2D eigenvalue weighted by Crippen LogP contribution is -2.09. The first kappa shape index (κ1) is 24.1. The van der Waals surface area contributed by atoms with Gasteiger partial charge in [-0.15, -0.1) is 0 Å². The van der Waals surface area contributed by atoms with E-state index in [1.165, 1.54) is 25.3 Å². The molecule has 3 aromatic carbocycles. The molecular weight excluding hydrogens is 467 g/mol. The molecule has 0 aliphatic rings. The molecule has 0 aliphatic heterocycles. The van der Waals surface area contributed by atoms with Crippen molar-refractivity contribution >= 4 is 46.6 Å². The quantitative estimate of drug-likeness (QED) is 0.224. The van der Waals surface area contributed by atoms with Gasteiger partial charge in [-0.3, -0.25) is 14.9 Å². The number of nitro benzene ring substituents is 1. The van der Waals surface area contributed by atoms with Gasteiger partial charge in [-0.25, -0.2) is 0 Å². The minimum atomic E-state index is -0.513. The number of nitro groups is 1. The average molecular weight is 487 g/mol. The number of rotatable bonds is 8. The minimum absolute atomic E-state index is 0.0988. The van der Waals surface area contributed by atoms with E-state index in [-0.39, 0.29) is 12.3 Å². The molecule has 170 valence electrons. The molecule has 0 bridgehead atoms. The van der Waals surface area contributed by atoms with E-state index in [1.807, 2.05) is 0 Å². The van der Waals surface area contributed by atoms with Gasteiger partial charge in [0.05, 0.1) is 17.7 Å². The third-order valence-electron chi connectivity index (χ3n) is 4.74. The van der Waals surface area contributed by atoms with Crippen molar-refractivity contribution in [2.45, 2.75) is 13.5 Å². The van der Waals surface area contributed by atoms with Crippen molar-refractivity contribution in [2.75, 3.05) is 12.4 Å². The number of carbonyl (C=O) groups excluding carboxylic acids is 1. The third kappa shape index (κ3) is 6.25. The van der Waals surface area contributed by atoms with Crippen LogP contribution in [0.5, 0.6) is 11.5 Å². The summed E-state index contributed by atoms with van der Waals surface area (Å²) in [5, 5.41) is 14.6. The summed E-state index contributed by atoms with van der Waals surface area (Å²) < 4.78 is 11.2. The number of carbonyl (C=O) groups is 1. The van der Waals surface area contributed by atoms with E-state index in [4.69, 9.17) is 32.7 Å². The highest BCUT2D eigenvalue weighted by molar-refractivity contribution is 6.35. The normalized spacial score (nSPS) is 10.8. The standard InChI is InChI=1S/C24H20Cl2N2O5/c1-15-6-9-17(28(30)31)13-21(15)27-24(29)11-8-16-7-10-22(23(12-16)32-2)33-14-18-19(25)4-3-5-20(18)26/h3-13H,14H2,1-2H3,(H,27,29)/b11-8+. The lowest BCUT2D eigenvalue weighted by molar-refractivity contribution is -0.384. The molecule has 1 N–H and O–H groups in total. The van der Waals surface area contributed by atoms with Crippen LogP contribution in [0, 0.1) is 17.0 Å². The fourth-order valence-electron chi connectivity index (χ4n) is 2.93. The molecule has 0 aromatic heterocycles. The van der Waals surface area contributed by atoms with E-state index >= 15 is 0 Å². The Bertz CT molecular complexity index is 1210. The molecule has 0 atom stereocenters. The number of aryl methyl sites for hydroxylation is 1. The van der Waals surface area contributed by atoms with Crippen molar-refractivity contribution in [3.05, 3.63) is 97.5 Å². The Hall–Kier alpha value is -3.55. The first-order chi connectivity index (χ1) is 15.8. The summed E-state index contributed by atoms with van der Waals surface area (Å²) in [6.07, 6.45) is 2.93. The second-order valence-electron chi connectivity index (χ2n) is 6.98. The Labute approximate surface area is 200 Å². The molecule has 0 saturated carbocycles. The van der Waals surface area contributed by atoms with Gasteiger partial charge < -0.3 is 14.8 Å². The number of non-ortho nitro benzene ring substituents is 1. The van der Waals surface area contributed by atoms with Gasteiger partial charge in [-0.05, 0) is 48.4 Å². The smallest absolute Gasteiger partial charge is 0.271 e. The molecular formula is C24H20Cl2N2O5. The van der Waals surface area contributed by atoms with E-state index in [0.29, 0.717) is 43.9 Å². The monoisotopic (exact) mass is 486 g/mol. The van der Waals surface area contributed by atoms with Crippen molar-refractivity contribution in [3.63, 3.8) is 0 Å². The summed E-state index contributed by atoms with van der Waals surface area (Å²) in [4.78, 5) is 22.8. The molecule has 1 amide bonds. The molecule has 9 heteroatoms. The van der Waals surface area contributed by atoms with E-state index in [0.717, 1.165) is 0 Å². The van der Waals surface area contributed by atoms with Crippen molar-refractivity contribution in [3.8, 4) is 11.5 Å². The molecule has 0 radical (unpaired) electrons. The van der Waals surface area contributed by atoms with Gasteiger partial charge in [-0.1, -0.05) is 41.4 Å². The predicted molar refractivity (Wildman–Crippen MR) is 129 cm³/mol. The highest BCUT2D eigenvalue weighted by atomic mass is 35.5. The number of hydrogen-bond acceptors (Lipinski definition) is 5. The number of amides is 1. The van der Waals surface area contributed by atoms with Gasteiger partial charge in [0.25, 0.3) is 5.69 Å². The lowest BCUT2D eigenvalue weighted by atomic mass is 10.1. The van der Waals surface area contributed by atoms with Gasteiger partial charge in [-0.2, -0.15) is 0 Å². The number of halogens is 2. The SMILES string of the molecule is COc1cc(/C=C/C(=O)Nc2cc([N+](=O)[O-])ccc2C)ccc1OCc1c(Cl)cccc1Cl. The number of nitrogens with zero attached hydrogens (tertiary/aromatic N) is 1. The van der Waals surface area contributed by atoms with Crippen LogP contribution < -0.4 is 14.8 Å². The summed E-state index contributed by atoms with van der Waals surface area (Å²) in [6.45, 7) is 1.91. The molecule has 0 aliphatic carbocycles. The Morgan fingerprint density at radius 1 is 1.09 bits per heavy atom. The summed E-state index contributed by atoms with van der Waals surface area (Å²) >= 11 is 12.4. The molecule has 33 heavy (non-hydrogen) atoms. The Balaban J connectivity index is 1.70. The van der Waals surface area contributed by atoms with Gasteiger partial charge in [0.1, 0.15) is 6.61 Å². The summed E-state index contributed by atoms with van der Waals surface area (Å²) in [7, 11) is 1.51. The van der Waals surface area contributed by atoms with Gasteiger partial charge in [0.15, 0.2) is 11.5 Å². The number of methoxy groups -OCH3 is 1. The Kier molecular flexibility index (Phi) is 7.92.